The Balaban J connectivity index is 1.85. The van der Waals surface area contributed by atoms with Gasteiger partial charge in [-0.3, -0.25) is 5.84 Å². The first-order chi connectivity index (χ1) is 10.7. The second kappa shape index (κ2) is 6.30. The normalized spacial score (nSPS) is 14.2. The number of carbonyl (C=O) groups is 1. The molecule has 1 aliphatic carbocycles. The average molecular weight is 315 g/mol. The van der Waals surface area contributed by atoms with Crippen molar-refractivity contribution in [3.8, 4) is 11.3 Å². The molecule has 2 aromatic rings. The minimum Gasteiger partial charge on any atom is -0.351 e. The van der Waals surface area contributed by atoms with E-state index in [1.807, 2.05) is 24.3 Å². The SMILES string of the molecule is NNc1ccc(-c2ccc(NC(N)=O)cc2)nc1PC1CC1. The number of hydrazine groups is 1. The number of nitrogens with one attached hydrogen (secondary N) is 2. The van der Waals surface area contributed by atoms with Crippen LogP contribution in [0.5, 0.6) is 0 Å². The maximum atomic E-state index is 10.8. The molecule has 0 bridgehead atoms. The van der Waals surface area contributed by atoms with E-state index < -0.39 is 6.03 Å². The van der Waals surface area contributed by atoms with Crippen LogP contribution in [0.15, 0.2) is 36.4 Å². The van der Waals surface area contributed by atoms with Gasteiger partial charge in [-0.2, -0.15) is 0 Å². The summed E-state index contributed by atoms with van der Waals surface area (Å²) in [5.41, 5.74) is 13.0. The minimum atomic E-state index is -0.572. The van der Waals surface area contributed by atoms with E-state index in [-0.39, 0.29) is 0 Å². The van der Waals surface area contributed by atoms with Gasteiger partial charge in [0.05, 0.1) is 16.8 Å². The molecule has 0 saturated heterocycles. The molecular weight excluding hydrogens is 297 g/mol. The number of benzene rings is 1. The van der Waals surface area contributed by atoms with Crippen molar-refractivity contribution in [3.63, 3.8) is 0 Å². The highest BCUT2D eigenvalue weighted by atomic mass is 31.1. The highest BCUT2D eigenvalue weighted by Crippen LogP contribution is 2.39. The van der Waals surface area contributed by atoms with E-state index >= 15 is 0 Å². The summed E-state index contributed by atoms with van der Waals surface area (Å²) < 4.78 is 0. The van der Waals surface area contributed by atoms with Crippen molar-refractivity contribution in [1.29, 1.82) is 0 Å². The molecule has 1 aromatic carbocycles. The van der Waals surface area contributed by atoms with Gasteiger partial charge in [-0.1, -0.05) is 20.7 Å². The van der Waals surface area contributed by atoms with Gasteiger partial charge in [0.15, 0.2) is 0 Å². The van der Waals surface area contributed by atoms with Gasteiger partial charge >= 0.3 is 6.03 Å². The molecule has 1 heterocycles. The largest absolute Gasteiger partial charge is 0.351 e. The number of pyridine rings is 1. The predicted octanol–water partition coefficient (Wildman–Crippen LogP) is 1.99. The number of hydrogen-bond acceptors (Lipinski definition) is 4. The van der Waals surface area contributed by atoms with Gasteiger partial charge in [0, 0.05) is 11.3 Å². The fourth-order valence-corrected chi connectivity index (χ4v) is 3.47. The lowest BCUT2D eigenvalue weighted by molar-refractivity contribution is 0.259. The van der Waals surface area contributed by atoms with Crippen molar-refractivity contribution in [2.24, 2.45) is 11.6 Å². The van der Waals surface area contributed by atoms with E-state index in [2.05, 4.69) is 10.7 Å². The summed E-state index contributed by atoms with van der Waals surface area (Å²) in [6.07, 6.45) is 2.56. The van der Waals surface area contributed by atoms with Crippen molar-refractivity contribution in [2.45, 2.75) is 18.5 Å². The zero-order valence-electron chi connectivity index (χ0n) is 12.0. The zero-order valence-corrected chi connectivity index (χ0v) is 13.0. The van der Waals surface area contributed by atoms with E-state index in [1.54, 1.807) is 12.1 Å². The minimum absolute atomic E-state index is 0.572. The molecule has 0 radical (unpaired) electrons. The van der Waals surface area contributed by atoms with Crippen LogP contribution in [0.25, 0.3) is 11.3 Å². The van der Waals surface area contributed by atoms with Crippen LogP contribution in [-0.4, -0.2) is 16.7 Å². The van der Waals surface area contributed by atoms with Gasteiger partial charge in [0.1, 0.15) is 0 Å². The number of carbonyl (C=O) groups excluding carboxylic acids is 1. The van der Waals surface area contributed by atoms with Crippen molar-refractivity contribution in [2.75, 3.05) is 10.7 Å². The number of nitrogens with zero attached hydrogens (tertiary/aromatic N) is 1. The molecule has 3 rings (SSSR count). The molecule has 0 aliphatic heterocycles. The summed E-state index contributed by atoms with van der Waals surface area (Å²) in [4.78, 5) is 15.6. The number of nitrogens with two attached hydrogens (primary N) is 2. The molecule has 6 nitrogen and oxygen atoms in total. The van der Waals surface area contributed by atoms with Crippen LogP contribution in [0.2, 0.25) is 0 Å². The van der Waals surface area contributed by atoms with Crippen LogP contribution >= 0.6 is 8.58 Å². The standard InChI is InChI=1S/C15H18N5OP/c16-15(21)18-10-3-1-9(2-4-10)12-7-8-13(20-17)14(19-12)22-11-5-6-11/h1-4,7-8,11,20,22H,5-6,17H2,(H3,16,18,21). The molecule has 0 spiro atoms. The van der Waals surface area contributed by atoms with Crippen molar-refractivity contribution in [3.05, 3.63) is 36.4 Å². The number of urea groups is 1. The lowest BCUT2D eigenvalue weighted by Gasteiger charge is -2.10. The fourth-order valence-electron chi connectivity index (χ4n) is 2.13. The number of aromatic nitrogens is 1. The van der Waals surface area contributed by atoms with Crippen molar-refractivity contribution >= 4 is 31.4 Å². The molecule has 1 unspecified atom stereocenters. The number of amides is 2. The monoisotopic (exact) mass is 315 g/mol. The number of nitrogen functional groups attached to an aromatic ring is 1. The molecular formula is C15H18N5OP. The van der Waals surface area contributed by atoms with Crippen LogP contribution in [0, 0.1) is 0 Å². The van der Waals surface area contributed by atoms with Gasteiger partial charge in [-0.15, -0.1) is 0 Å². The predicted molar refractivity (Wildman–Crippen MR) is 91.7 cm³/mol. The third kappa shape index (κ3) is 3.53. The molecule has 6 N–H and O–H groups in total. The molecule has 7 heteroatoms. The molecule has 22 heavy (non-hydrogen) atoms. The average Bonchev–Trinajstić information content (AvgIpc) is 3.31. The zero-order chi connectivity index (χ0) is 15.5. The Morgan fingerprint density at radius 1 is 1.18 bits per heavy atom. The van der Waals surface area contributed by atoms with Gasteiger partial charge in [0.25, 0.3) is 0 Å². The molecule has 2 amide bonds. The highest BCUT2D eigenvalue weighted by Gasteiger charge is 2.23. The first-order valence-corrected chi connectivity index (χ1v) is 8.14. The Hall–Kier alpha value is -2.17. The Labute approximate surface area is 130 Å². The molecule has 1 atom stereocenters. The second-order valence-corrected chi connectivity index (χ2v) is 6.80. The summed E-state index contributed by atoms with van der Waals surface area (Å²) in [6, 6.07) is 10.8. The number of primary amides is 1. The van der Waals surface area contributed by atoms with Crippen molar-refractivity contribution in [1.82, 2.24) is 4.98 Å². The van der Waals surface area contributed by atoms with Gasteiger partial charge in [-0.25, -0.2) is 9.78 Å². The van der Waals surface area contributed by atoms with Crippen LogP contribution in [-0.2, 0) is 0 Å². The van der Waals surface area contributed by atoms with Crippen LogP contribution < -0.4 is 27.8 Å². The summed E-state index contributed by atoms with van der Waals surface area (Å²) in [7, 11) is 0.686. The maximum Gasteiger partial charge on any atom is 0.316 e. The quantitative estimate of drug-likeness (QED) is 0.384. The van der Waals surface area contributed by atoms with E-state index in [0.717, 1.165) is 28.0 Å². The Bertz CT molecular complexity index is 685. The van der Waals surface area contributed by atoms with Crippen LogP contribution in [0.4, 0.5) is 16.2 Å². The molecule has 1 saturated carbocycles. The van der Waals surface area contributed by atoms with Gasteiger partial charge in [-0.05, 0) is 42.8 Å². The molecule has 114 valence electrons. The van der Waals surface area contributed by atoms with Gasteiger partial charge < -0.3 is 16.5 Å². The summed E-state index contributed by atoms with van der Waals surface area (Å²) in [5.74, 6) is 5.56. The summed E-state index contributed by atoms with van der Waals surface area (Å²) in [5, 5.41) is 2.54. The van der Waals surface area contributed by atoms with E-state index in [9.17, 15) is 4.79 Å². The first-order valence-electron chi connectivity index (χ1n) is 7.07. The topological polar surface area (TPSA) is 106 Å². The Morgan fingerprint density at radius 3 is 2.50 bits per heavy atom. The van der Waals surface area contributed by atoms with E-state index in [0.29, 0.717) is 14.3 Å². The lowest BCUT2D eigenvalue weighted by Crippen LogP contribution is -2.19. The fraction of sp³-hybridized carbons (Fsp3) is 0.200. The summed E-state index contributed by atoms with van der Waals surface area (Å²) in [6.45, 7) is 0. The van der Waals surface area contributed by atoms with E-state index in [1.165, 1.54) is 12.8 Å². The van der Waals surface area contributed by atoms with E-state index in [4.69, 9.17) is 16.6 Å². The van der Waals surface area contributed by atoms with Crippen LogP contribution in [0.1, 0.15) is 12.8 Å². The number of hydrogen-bond donors (Lipinski definition) is 4. The molecule has 1 aliphatic rings. The van der Waals surface area contributed by atoms with Crippen molar-refractivity contribution < 1.29 is 4.79 Å². The van der Waals surface area contributed by atoms with Gasteiger partial charge in [0.2, 0.25) is 0 Å². The highest BCUT2D eigenvalue weighted by molar-refractivity contribution is 7.48. The third-order valence-corrected chi connectivity index (χ3v) is 5.06. The first kappa shape index (κ1) is 14.8. The second-order valence-electron chi connectivity index (χ2n) is 5.22. The lowest BCUT2D eigenvalue weighted by atomic mass is 10.1. The molecule has 1 fully saturated rings. The molecule has 1 aromatic heterocycles. The smallest absolute Gasteiger partial charge is 0.316 e. The summed E-state index contributed by atoms with van der Waals surface area (Å²) >= 11 is 0. The van der Waals surface area contributed by atoms with Crippen LogP contribution in [0.3, 0.4) is 0 Å². The number of rotatable bonds is 5. The maximum absolute atomic E-state index is 10.8. The third-order valence-electron chi connectivity index (χ3n) is 3.42. The number of anilines is 2. The Morgan fingerprint density at radius 2 is 1.91 bits per heavy atom. The Kier molecular flexibility index (Phi) is 4.22.